The summed E-state index contributed by atoms with van der Waals surface area (Å²) in [6.45, 7) is 0.481. The van der Waals surface area contributed by atoms with Crippen LogP contribution in [0.15, 0.2) is 57.8 Å². The van der Waals surface area contributed by atoms with Crippen LogP contribution in [0.3, 0.4) is 0 Å². The molecule has 1 aromatic carbocycles. The van der Waals surface area contributed by atoms with Gasteiger partial charge in [0.2, 0.25) is 17.6 Å². The molecular formula is C17H15BrN4O2. The lowest BCUT2D eigenvalue weighted by Crippen LogP contribution is -2.23. The number of carbonyl (C=O) groups excluding carboxylic acids is 1. The average molecular weight is 387 g/mol. The Morgan fingerprint density at radius 2 is 1.88 bits per heavy atom. The van der Waals surface area contributed by atoms with E-state index in [1.165, 1.54) is 0 Å². The fourth-order valence-electron chi connectivity index (χ4n) is 2.08. The highest BCUT2D eigenvalue weighted by molar-refractivity contribution is 9.10. The molecule has 7 heteroatoms. The normalized spacial score (nSPS) is 10.5. The van der Waals surface area contributed by atoms with Crippen LogP contribution in [0.25, 0.3) is 11.4 Å². The van der Waals surface area contributed by atoms with Crippen LogP contribution >= 0.6 is 15.9 Å². The van der Waals surface area contributed by atoms with Gasteiger partial charge in [-0.15, -0.1) is 0 Å². The van der Waals surface area contributed by atoms with Gasteiger partial charge in [0.05, 0.1) is 0 Å². The van der Waals surface area contributed by atoms with Crippen molar-refractivity contribution in [1.29, 1.82) is 0 Å². The Labute approximate surface area is 147 Å². The molecule has 3 rings (SSSR count). The van der Waals surface area contributed by atoms with E-state index >= 15 is 0 Å². The van der Waals surface area contributed by atoms with Gasteiger partial charge in [0, 0.05) is 41.8 Å². The van der Waals surface area contributed by atoms with Crippen LogP contribution < -0.4 is 5.32 Å². The zero-order valence-electron chi connectivity index (χ0n) is 12.8. The second-order valence-electron chi connectivity index (χ2n) is 5.15. The first-order valence-electron chi connectivity index (χ1n) is 7.45. The maximum atomic E-state index is 11.9. The summed E-state index contributed by atoms with van der Waals surface area (Å²) in [4.78, 5) is 20.1. The molecule has 0 aliphatic carbocycles. The van der Waals surface area contributed by atoms with Crippen molar-refractivity contribution in [3.05, 3.63) is 64.7 Å². The van der Waals surface area contributed by atoms with Crippen LogP contribution in [0.5, 0.6) is 0 Å². The van der Waals surface area contributed by atoms with E-state index in [9.17, 15) is 4.79 Å². The summed E-state index contributed by atoms with van der Waals surface area (Å²) in [7, 11) is 0. The van der Waals surface area contributed by atoms with Gasteiger partial charge >= 0.3 is 0 Å². The SMILES string of the molecule is O=C(CCc1nc(-c2ccc(Br)cc2)no1)NCc1ccncc1. The number of halogens is 1. The van der Waals surface area contributed by atoms with Crippen molar-refractivity contribution in [3.8, 4) is 11.4 Å². The molecule has 0 unspecified atom stereocenters. The van der Waals surface area contributed by atoms with Gasteiger partial charge in [-0.25, -0.2) is 0 Å². The maximum absolute atomic E-state index is 11.9. The van der Waals surface area contributed by atoms with Crippen molar-refractivity contribution in [3.63, 3.8) is 0 Å². The molecule has 2 heterocycles. The molecule has 24 heavy (non-hydrogen) atoms. The molecule has 0 bridgehead atoms. The second kappa shape index (κ2) is 7.83. The lowest BCUT2D eigenvalue weighted by Gasteiger charge is -2.03. The van der Waals surface area contributed by atoms with Gasteiger partial charge in [0.1, 0.15) is 0 Å². The van der Waals surface area contributed by atoms with E-state index in [2.05, 4.69) is 36.4 Å². The van der Waals surface area contributed by atoms with Gasteiger partial charge in [-0.3, -0.25) is 9.78 Å². The Kier molecular flexibility index (Phi) is 5.32. The summed E-state index contributed by atoms with van der Waals surface area (Å²) in [5.74, 6) is 0.914. The summed E-state index contributed by atoms with van der Waals surface area (Å²) in [5.41, 5.74) is 1.88. The number of rotatable bonds is 6. The molecule has 6 nitrogen and oxygen atoms in total. The molecule has 0 aliphatic rings. The minimum absolute atomic E-state index is 0.0600. The van der Waals surface area contributed by atoms with Crippen molar-refractivity contribution in [2.45, 2.75) is 19.4 Å². The number of benzene rings is 1. The zero-order valence-corrected chi connectivity index (χ0v) is 14.4. The minimum atomic E-state index is -0.0600. The number of hydrogen-bond donors (Lipinski definition) is 1. The van der Waals surface area contributed by atoms with Crippen LogP contribution in [0.4, 0.5) is 0 Å². The Balaban J connectivity index is 1.50. The Hall–Kier alpha value is -2.54. The van der Waals surface area contributed by atoms with Crippen LogP contribution in [0.2, 0.25) is 0 Å². The van der Waals surface area contributed by atoms with E-state index in [1.807, 2.05) is 36.4 Å². The van der Waals surface area contributed by atoms with Gasteiger partial charge in [0.25, 0.3) is 0 Å². The number of carbonyl (C=O) groups is 1. The van der Waals surface area contributed by atoms with Crippen molar-refractivity contribution in [2.24, 2.45) is 0 Å². The summed E-state index contributed by atoms with van der Waals surface area (Å²) in [6, 6.07) is 11.4. The number of nitrogens with one attached hydrogen (secondary N) is 1. The number of nitrogens with zero attached hydrogens (tertiary/aromatic N) is 3. The first-order chi connectivity index (χ1) is 11.7. The minimum Gasteiger partial charge on any atom is -0.352 e. The van der Waals surface area contributed by atoms with Crippen molar-refractivity contribution < 1.29 is 9.32 Å². The Morgan fingerprint density at radius 3 is 2.62 bits per heavy atom. The topological polar surface area (TPSA) is 80.9 Å². The summed E-state index contributed by atoms with van der Waals surface area (Å²) in [5, 5.41) is 6.80. The van der Waals surface area contributed by atoms with E-state index in [0.717, 1.165) is 15.6 Å². The van der Waals surface area contributed by atoms with Gasteiger partial charge in [-0.05, 0) is 42.0 Å². The highest BCUT2D eigenvalue weighted by atomic mass is 79.9. The molecular weight excluding hydrogens is 372 g/mol. The third-order valence-corrected chi connectivity index (χ3v) is 3.90. The van der Waals surface area contributed by atoms with Gasteiger partial charge in [-0.1, -0.05) is 21.1 Å². The monoisotopic (exact) mass is 386 g/mol. The summed E-state index contributed by atoms with van der Waals surface area (Å²) < 4.78 is 6.19. The number of pyridine rings is 1. The highest BCUT2D eigenvalue weighted by Crippen LogP contribution is 2.19. The molecule has 0 fully saturated rings. The second-order valence-corrected chi connectivity index (χ2v) is 6.07. The zero-order chi connectivity index (χ0) is 16.8. The third-order valence-electron chi connectivity index (χ3n) is 3.38. The molecule has 2 aromatic heterocycles. The van der Waals surface area contributed by atoms with Crippen molar-refractivity contribution in [2.75, 3.05) is 0 Å². The third kappa shape index (κ3) is 4.48. The predicted octanol–water partition coefficient (Wildman–Crippen LogP) is 3.14. The molecule has 122 valence electrons. The average Bonchev–Trinajstić information content (AvgIpc) is 3.09. The Bertz CT molecular complexity index is 803. The predicted molar refractivity (Wildman–Crippen MR) is 91.8 cm³/mol. The van der Waals surface area contributed by atoms with E-state index < -0.39 is 0 Å². The lowest BCUT2D eigenvalue weighted by atomic mass is 10.2. The number of amides is 1. The summed E-state index contributed by atoms with van der Waals surface area (Å²) >= 11 is 3.38. The van der Waals surface area contributed by atoms with Crippen molar-refractivity contribution in [1.82, 2.24) is 20.4 Å². The fraction of sp³-hybridized carbons (Fsp3) is 0.176. The number of hydrogen-bond acceptors (Lipinski definition) is 5. The molecule has 0 aliphatic heterocycles. The standard InChI is InChI=1S/C17H15BrN4O2/c18-14-3-1-13(2-4-14)17-21-16(24-22-17)6-5-15(23)20-11-12-7-9-19-10-8-12/h1-4,7-10H,5-6,11H2,(H,20,23). The number of aromatic nitrogens is 3. The first-order valence-corrected chi connectivity index (χ1v) is 8.24. The van der Waals surface area contributed by atoms with E-state index in [1.54, 1.807) is 12.4 Å². The molecule has 0 atom stereocenters. The largest absolute Gasteiger partial charge is 0.352 e. The van der Waals surface area contributed by atoms with Crippen LogP contribution in [0.1, 0.15) is 17.9 Å². The van der Waals surface area contributed by atoms with Crippen LogP contribution in [-0.4, -0.2) is 21.0 Å². The maximum Gasteiger partial charge on any atom is 0.227 e. The number of aryl methyl sites for hydroxylation is 1. The van der Waals surface area contributed by atoms with Crippen LogP contribution in [-0.2, 0) is 17.8 Å². The summed E-state index contributed by atoms with van der Waals surface area (Å²) in [6.07, 6.45) is 4.10. The van der Waals surface area contributed by atoms with Crippen LogP contribution in [0, 0.1) is 0 Å². The lowest BCUT2D eigenvalue weighted by molar-refractivity contribution is -0.121. The first kappa shape index (κ1) is 16.3. The van der Waals surface area contributed by atoms with Gasteiger partial charge in [-0.2, -0.15) is 4.98 Å². The smallest absolute Gasteiger partial charge is 0.227 e. The van der Waals surface area contributed by atoms with Gasteiger partial charge < -0.3 is 9.84 Å². The fourth-order valence-corrected chi connectivity index (χ4v) is 2.35. The van der Waals surface area contributed by atoms with E-state index in [-0.39, 0.29) is 5.91 Å². The molecule has 0 saturated carbocycles. The molecule has 0 saturated heterocycles. The van der Waals surface area contributed by atoms with Gasteiger partial charge in [0.15, 0.2) is 0 Å². The molecule has 1 N–H and O–H groups in total. The van der Waals surface area contributed by atoms with E-state index in [0.29, 0.717) is 31.1 Å². The quantitative estimate of drug-likeness (QED) is 0.703. The van der Waals surface area contributed by atoms with E-state index in [4.69, 9.17) is 4.52 Å². The molecule has 0 radical (unpaired) electrons. The molecule has 3 aromatic rings. The molecule has 1 amide bonds. The van der Waals surface area contributed by atoms with Crippen molar-refractivity contribution >= 4 is 21.8 Å². The molecule has 0 spiro atoms. The highest BCUT2D eigenvalue weighted by Gasteiger charge is 2.10. The Morgan fingerprint density at radius 1 is 1.12 bits per heavy atom.